The smallest absolute Gasteiger partial charge is 0.433 e. The molecule has 2 aromatic carbocycles. The third-order valence-electron chi connectivity index (χ3n) is 6.35. The van der Waals surface area contributed by atoms with Gasteiger partial charge in [0, 0.05) is 29.0 Å². The average molecular weight is 497 g/mol. The van der Waals surface area contributed by atoms with Gasteiger partial charge in [-0.2, -0.15) is 13.2 Å². The first-order chi connectivity index (χ1) is 17.0. The van der Waals surface area contributed by atoms with Crippen molar-refractivity contribution in [2.45, 2.75) is 52.0 Å². The molecule has 0 amide bonds. The molecule has 5 nitrogen and oxygen atoms in total. The van der Waals surface area contributed by atoms with Crippen LogP contribution in [0.1, 0.15) is 49.3 Å². The summed E-state index contributed by atoms with van der Waals surface area (Å²) >= 11 is 0. The van der Waals surface area contributed by atoms with Crippen LogP contribution in [0.4, 0.5) is 13.2 Å². The van der Waals surface area contributed by atoms with Crippen molar-refractivity contribution < 1.29 is 27.8 Å². The topological polar surface area (TPSA) is 64.5 Å². The van der Waals surface area contributed by atoms with Gasteiger partial charge in [-0.25, -0.2) is 4.98 Å². The van der Waals surface area contributed by atoms with E-state index in [1.54, 1.807) is 19.2 Å². The molecule has 5 rings (SSSR count). The highest BCUT2D eigenvalue weighted by Crippen LogP contribution is 2.45. The Morgan fingerprint density at radius 3 is 2.58 bits per heavy atom. The van der Waals surface area contributed by atoms with Crippen LogP contribution in [-0.2, 0) is 17.3 Å². The Balaban J connectivity index is 1.88. The molecule has 0 unspecified atom stereocenters. The molecule has 1 aliphatic rings. The minimum atomic E-state index is -4.57. The van der Waals surface area contributed by atoms with E-state index in [-0.39, 0.29) is 12.1 Å². The summed E-state index contributed by atoms with van der Waals surface area (Å²) in [5.74, 6) is 0.726. The van der Waals surface area contributed by atoms with Crippen molar-refractivity contribution in [2.24, 2.45) is 0 Å². The van der Waals surface area contributed by atoms with Gasteiger partial charge in [-0.1, -0.05) is 6.07 Å². The van der Waals surface area contributed by atoms with Crippen molar-refractivity contribution in [2.75, 3.05) is 13.2 Å². The lowest BCUT2D eigenvalue weighted by molar-refractivity contribution is -0.140. The fourth-order valence-corrected chi connectivity index (χ4v) is 5.00. The van der Waals surface area contributed by atoms with Gasteiger partial charge in [0.25, 0.3) is 0 Å². The molecule has 0 spiro atoms. The van der Waals surface area contributed by atoms with Crippen molar-refractivity contribution >= 4 is 21.8 Å². The lowest BCUT2D eigenvalue weighted by atomic mass is 9.86. The van der Waals surface area contributed by atoms with Crippen molar-refractivity contribution in [1.29, 1.82) is 0 Å². The van der Waals surface area contributed by atoms with Crippen LogP contribution in [-0.4, -0.2) is 33.9 Å². The maximum absolute atomic E-state index is 13.5. The van der Waals surface area contributed by atoms with Crippen molar-refractivity contribution in [3.8, 4) is 16.9 Å². The predicted octanol–water partition coefficient (Wildman–Crippen LogP) is 6.56. The number of halogens is 3. The fourth-order valence-electron chi connectivity index (χ4n) is 5.00. The molecule has 1 atom stereocenters. The number of pyridine rings is 2. The Hall–Kier alpha value is -3.23. The molecule has 0 bridgehead atoms. The number of hydrogen-bond acceptors (Lipinski definition) is 5. The molecular formula is C28H27F3N2O3. The second kappa shape index (κ2) is 8.71. The summed E-state index contributed by atoms with van der Waals surface area (Å²) in [4.78, 5) is 8.63. The van der Waals surface area contributed by atoms with Crippen LogP contribution in [0.2, 0.25) is 0 Å². The quantitative estimate of drug-likeness (QED) is 0.347. The van der Waals surface area contributed by atoms with E-state index in [9.17, 15) is 18.3 Å². The summed E-state index contributed by atoms with van der Waals surface area (Å²) in [6.45, 7) is 7.75. The second-order valence-corrected chi connectivity index (χ2v) is 10.0. The van der Waals surface area contributed by atoms with Crippen molar-refractivity contribution in [3.63, 3.8) is 0 Å². The summed E-state index contributed by atoms with van der Waals surface area (Å²) in [6.07, 6.45) is -2.81. The van der Waals surface area contributed by atoms with E-state index in [2.05, 4.69) is 9.97 Å². The van der Waals surface area contributed by atoms with Crippen LogP contribution in [0.25, 0.3) is 32.9 Å². The summed E-state index contributed by atoms with van der Waals surface area (Å²) in [7, 11) is 0. The van der Waals surface area contributed by atoms with Crippen molar-refractivity contribution in [3.05, 3.63) is 65.0 Å². The molecular weight excluding hydrogens is 469 g/mol. The molecule has 3 heterocycles. The van der Waals surface area contributed by atoms with Crippen LogP contribution in [0.15, 0.2) is 42.6 Å². The first kappa shape index (κ1) is 24.5. The third-order valence-corrected chi connectivity index (χ3v) is 6.35. The number of fused-ring (bicyclic) bond motifs is 1. The zero-order valence-corrected chi connectivity index (χ0v) is 20.5. The first-order valence-corrected chi connectivity index (χ1v) is 11.8. The SMILES string of the molecule is Cc1cc2nc(C(F)(F)F)ccc2c(-c2ccc3c4c(ccnc24)CCO3)c1[C@@H](CO)OC(C)(C)C. The third kappa shape index (κ3) is 4.29. The first-order valence-electron chi connectivity index (χ1n) is 11.8. The molecule has 0 fully saturated rings. The van der Waals surface area contributed by atoms with E-state index in [0.29, 0.717) is 34.2 Å². The maximum Gasteiger partial charge on any atom is 0.433 e. The maximum atomic E-state index is 13.5. The molecule has 1 N–H and O–H groups in total. The normalized spacial score (nSPS) is 14.8. The van der Waals surface area contributed by atoms with Crippen LogP contribution >= 0.6 is 0 Å². The lowest BCUT2D eigenvalue weighted by Gasteiger charge is -2.30. The summed E-state index contributed by atoms with van der Waals surface area (Å²) in [5.41, 5.74) is 3.21. The van der Waals surface area contributed by atoms with Gasteiger partial charge in [-0.05, 0) is 80.3 Å². The average Bonchev–Trinajstić information content (AvgIpc) is 2.81. The van der Waals surface area contributed by atoms with Gasteiger partial charge in [0.15, 0.2) is 0 Å². The molecule has 4 aromatic rings. The van der Waals surface area contributed by atoms with Gasteiger partial charge in [-0.3, -0.25) is 4.98 Å². The lowest BCUT2D eigenvalue weighted by Crippen LogP contribution is -2.25. The van der Waals surface area contributed by atoms with Gasteiger partial charge in [0.05, 0.1) is 29.8 Å². The van der Waals surface area contributed by atoms with Crippen LogP contribution < -0.4 is 4.74 Å². The summed E-state index contributed by atoms with van der Waals surface area (Å²) in [5, 5.41) is 11.8. The number of alkyl halides is 3. The Kier molecular flexibility index (Phi) is 5.92. The van der Waals surface area contributed by atoms with Gasteiger partial charge in [0.2, 0.25) is 0 Å². The largest absolute Gasteiger partial charge is 0.493 e. The van der Waals surface area contributed by atoms with Gasteiger partial charge >= 0.3 is 6.18 Å². The van der Waals surface area contributed by atoms with E-state index in [4.69, 9.17) is 9.47 Å². The minimum absolute atomic E-state index is 0.213. The minimum Gasteiger partial charge on any atom is -0.493 e. The van der Waals surface area contributed by atoms with E-state index in [1.165, 1.54) is 6.07 Å². The van der Waals surface area contributed by atoms with E-state index < -0.39 is 23.6 Å². The van der Waals surface area contributed by atoms with Crippen LogP contribution in [0.3, 0.4) is 0 Å². The van der Waals surface area contributed by atoms with Crippen LogP contribution in [0, 0.1) is 6.92 Å². The Labute approximate surface area is 206 Å². The number of aliphatic hydroxyl groups excluding tert-OH is 1. The highest BCUT2D eigenvalue weighted by Gasteiger charge is 2.34. The number of nitrogens with zero attached hydrogens (tertiary/aromatic N) is 2. The number of ether oxygens (including phenoxy) is 2. The molecule has 188 valence electrons. The van der Waals surface area contributed by atoms with E-state index >= 15 is 0 Å². The number of aryl methyl sites for hydroxylation is 1. The van der Waals surface area contributed by atoms with Gasteiger partial charge in [-0.15, -0.1) is 0 Å². The number of aliphatic hydroxyl groups is 1. The Morgan fingerprint density at radius 2 is 1.89 bits per heavy atom. The zero-order chi connectivity index (χ0) is 25.8. The number of hydrogen-bond donors (Lipinski definition) is 1. The number of rotatable bonds is 4. The predicted molar refractivity (Wildman–Crippen MR) is 132 cm³/mol. The monoisotopic (exact) mass is 496 g/mol. The van der Waals surface area contributed by atoms with Gasteiger partial charge in [0.1, 0.15) is 17.5 Å². The molecule has 0 saturated carbocycles. The van der Waals surface area contributed by atoms with Gasteiger partial charge < -0.3 is 14.6 Å². The second-order valence-electron chi connectivity index (χ2n) is 10.0. The summed E-state index contributed by atoms with van der Waals surface area (Å²) < 4.78 is 52.6. The Morgan fingerprint density at radius 1 is 1.11 bits per heavy atom. The molecule has 0 aliphatic carbocycles. The number of benzene rings is 2. The standard InChI is InChI=1S/C28H27F3N2O3/c1-15-13-19-17(6-8-22(33-19)28(29,30)31)25(23(15)21(14-34)36-27(2,3)4)18-5-7-20-24-16(10-12-35-20)9-11-32-26(18)24/h5-9,11,13,21,34H,10,12,14H2,1-4H3/t21-/m1/s1. The molecule has 0 radical (unpaired) electrons. The van der Waals surface area contributed by atoms with Crippen LogP contribution in [0.5, 0.6) is 5.75 Å². The zero-order valence-electron chi connectivity index (χ0n) is 20.5. The molecule has 0 saturated heterocycles. The summed E-state index contributed by atoms with van der Waals surface area (Å²) in [6, 6.07) is 9.77. The highest BCUT2D eigenvalue weighted by molar-refractivity contribution is 6.07. The van der Waals surface area contributed by atoms with Crippen molar-refractivity contribution in [1.82, 2.24) is 9.97 Å². The van der Waals surface area contributed by atoms with E-state index in [1.807, 2.05) is 39.0 Å². The molecule has 1 aliphatic heterocycles. The molecule has 36 heavy (non-hydrogen) atoms. The fraction of sp³-hybridized carbons (Fsp3) is 0.357. The molecule has 2 aromatic heterocycles. The Bertz CT molecular complexity index is 1470. The highest BCUT2D eigenvalue weighted by atomic mass is 19.4. The molecule has 8 heteroatoms. The van der Waals surface area contributed by atoms with E-state index in [0.717, 1.165) is 34.7 Å². The number of aromatic nitrogens is 2.